The molecule has 0 aromatic heterocycles. The topological polar surface area (TPSA) is 40.9 Å². The summed E-state index contributed by atoms with van der Waals surface area (Å²) in [6, 6.07) is 16.9. The van der Waals surface area contributed by atoms with Crippen molar-refractivity contribution in [2.45, 2.75) is 19.8 Å². The average Bonchev–Trinajstić information content (AvgIpc) is 2.48. The summed E-state index contributed by atoms with van der Waals surface area (Å²) < 4.78 is 0. The molecule has 0 bridgehead atoms. The fraction of sp³-hybridized carbons (Fsp3) is 0.176. The van der Waals surface area contributed by atoms with E-state index < -0.39 is 0 Å². The molecule has 0 unspecified atom stereocenters. The van der Waals surface area contributed by atoms with Gasteiger partial charge in [0, 0.05) is 12.0 Å². The third kappa shape index (κ3) is 3.08. The summed E-state index contributed by atoms with van der Waals surface area (Å²) in [7, 11) is 0. The third-order valence-corrected chi connectivity index (χ3v) is 3.16. The molecule has 0 amide bonds. The van der Waals surface area contributed by atoms with Gasteiger partial charge in [0.25, 0.3) is 0 Å². The zero-order valence-corrected chi connectivity index (χ0v) is 10.9. The smallest absolute Gasteiger partial charge is 0.167 e. The highest BCUT2D eigenvalue weighted by Crippen LogP contribution is 2.15. The molecule has 2 nitrogen and oxygen atoms in total. The zero-order valence-electron chi connectivity index (χ0n) is 10.9. The van der Waals surface area contributed by atoms with Crippen molar-refractivity contribution in [1.29, 1.82) is 5.26 Å². The number of benzene rings is 2. The summed E-state index contributed by atoms with van der Waals surface area (Å²) in [4.78, 5) is 12.2. The molecule has 2 aromatic carbocycles. The summed E-state index contributed by atoms with van der Waals surface area (Å²) in [6.45, 7) is 2.05. The Kier molecular flexibility index (Phi) is 4.10. The Bertz CT molecular complexity index is 623. The predicted octanol–water partition coefficient (Wildman–Crippen LogP) is 3.55. The largest absolute Gasteiger partial charge is 0.294 e. The van der Waals surface area contributed by atoms with Gasteiger partial charge in [-0.15, -0.1) is 0 Å². The quantitative estimate of drug-likeness (QED) is 0.777. The van der Waals surface area contributed by atoms with E-state index in [1.807, 2.05) is 42.5 Å². The normalized spacial score (nSPS) is 9.89. The summed E-state index contributed by atoms with van der Waals surface area (Å²) >= 11 is 0. The van der Waals surface area contributed by atoms with Crippen LogP contribution in [0, 0.1) is 11.3 Å². The Morgan fingerprint density at radius 2 is 1.84 bits per heavy atom. The molecule has 0 fully saturated rings. The molecule has 0 aliphatic heterocycles. The SMILES string of the molecule is CCc1ccc(C#N)cc1CC(=O)c1ccccc1. The molecule has 0 aliphatic rings. The number of hydrogen-bond acceptors (Lipinski definition) is 2. The molecule has 94 valence electrons. The van der Waals surface area contributed by atoms with E-state index in [1.54, 1.807) is 6.07 Å². The van der Waals surface area contributed by atoms with E-state index in [4.69, 9.17) is 5.26 Å². The van der Waals surface area contributed by atoms with Crippen LogP contribution < -0.4 is 0 Å². The van der Waals surface area contributed by atoms with Gasteiger partial charge in [0.1, 0.15) is 0 Å². The molecular formula is C17H15NO. The van der Waals surface area contributed by atoms with Gasteiger partial charge in [0.05, 0.1) is 11.6 Å². The van der Waals surface area contributed by atoms with E-state index in [-0.39, 0.29) is 5.78 Å². The third-order valence-electron chi connectivity index (χ3n) is 3.16. The molecule has 0 atom stereocenters. The fourth-order valence-electron chi connectivity index (χ4n) is 2.10. The molecule has 0 saturated carbocycles. The number of rotatable bonds is 4. The van der Waals surface area contributed by atoms with Crippen LogP contribution in [-0.2, 0) is 12.8 Å². The van der Waals surface area contributed by atoms with E-state index in [0.717, 1.165) is 17.5 Å². The molecule has 0 heterocycles. The second kappa shape index (κ2) is 5.97. The van der Waals surface area contributed by atoms with Gasteiger partial charge in [-0.2, -0.15) is 5.26 Å². The molecule has 0 radical (unpaired) electrons. The van der Waals surface area contributed by atoms with Crippen molar-refractivity contribution in [2.24, 2.45) is 0 Å². The monoisotopic (exact) mass is 249 g/mol. The van der Waals surface area contributed by atoms with Crippen molar-refractivity contribution in [3.8, 4) is 6.07 Å². The highest BCUT2D eigenvalue weighted by molar-refractivity contribution is 5.97. The van der Waals surface area contributed by atoms with Gasteiger partial charge in [0.15, 0.2) is 5.78 Å². The minimum atomic E-state index is 0.0883. The van der Waals surface area contributed by atoms with Gasteiger partial charge in [-0.25, -0.2) is 0 Å². The van der Waals surface area contributed by atoms with Crippen molar-refractivity contribution in [2.75, 3.05) is 0 Å². The van der Waals surface area contributed by atoms with E-state index in [9.17, 15) is 4.79 Å². The van der Waals surface area contributed by atoms with Crippen LogP contribution in [0.4, 0.5) is 0 Å². The van der Waals surface area contributed by atoms with Crippen LogP contribution in [0.2, 0.25) is 0 Å². The number of nitriles is 1. The van der Waals surface area contributed by atoms with E-state index in [0.29, 0.717) is 17.5 Å². The van der Waals surface area contributed by atoms with Crippen LogP contribution >= 0.6 is 0 Å². The van der Waals surface area contributed by atoms with E-state index >= 15 is 0 Å². The zero-order chi connectivity index (χ0) is 13.7. The number of hydrogen-bond donors (Lipinski definition) is 0. The van der Waals surface area contributed by atoms with Gasteiger partial charge in [-0.05, 0) is 29.7 Å². The van der Waals surface area contributed by atoms with Crippen molar-refractivity contribution in [3.63, 3.8) is 0 Å². The molecule has 2 rings (SSSR count). The Morgan fingerprint density at radius 1 is 1.11 bits per heavy atom. The molecule has 19 heavy (non-hydrogen) atoms. The number of carbonyl (C=O) groups is 1. The second-order valence-electron chi connectivity index (χ2n) is 4.41. The fourth-order valence-corrected chi connectivity index (χ4v) is 2.10. The highest BCUT2D eigenvalue weighted by Gasteiger charge is 2.10. The first kappa shape index (κ1) is 13.0. The lowest BCUT2D eigenvalue weighted by Gasteiger charge is -2.08. The lowest BCUT2D eigenvalue weighted by Crippen LogP contribution is -2.06. The van der Waals surface area contributed by atoms with Crippen molar-refractivity contribution >= 4 is 5.78 Å². The highest BCUT2D eigenvalue weighted by atomic mass is 16.1. The van der Waals surface area contributed by atoms with Crippen LogP contribution in [0.25, 0.3) is 0 Å². The standard InChI is InChI=1S/C17H15NO/c1-2-14-9-8-13(12-18)10-16(14)11-17(19)15-6-4-3-5-7-15/h3-10H,2,11H2,1H3. The van der Waals surface area contributed by atoms with Crippen LogP contribution in [0.15, 0.2) is 48.5 Å². The Labute approximate surface area is 113 Å². The van der Waals surface area contributed by atoms with Crippen molar-refractivity contribution < 1.29 is 4.79 Å². The molecule has 2 heteroatoms. The summed E-state index contributed by atoms with van der Waals surface area (Å²) in [6.07, 6.45) is 1.21. The summed E-state index contributed by atoms with van der Waals surface area (Å²) in [5.41, 5.74) is 3.40. The second-order valence-corrected chi connectivity index (χ2v) is 4.41. The van der Waals surface area contributed by atoms with Crippen LogP contribution in [0.1, 0.15) is 34.0 Å². The number of nitrogens with zero attached hydrogens (tertiary/aromatic N) is 1. The Balaban J connectivity index is 2.28. The molecular weight excluding hydrogens is 234 g/mol. The lowest BCUT2D eigenvalue weighted by molar-refractivity contribution is 0.0992. The minimum absolute atomic E-state index is 0.0883. The Morgan fingerprint density at radius 3 is 2.47 bits per heavy atom. The number of ketones is 1. The molecule has 0 aliphatic carbocycles. The maximum absolute atomic E-state index is 12.2. The molecule has 0 N–H and O–H groups in total. The van der Waals surface area contributed by atoms with Crippen LogP contribution in [0.3, 0.4) is 0 Å². The Hall–Kier alpha value is -2.40. The predicted molar refractivity (Wildman–Crippen MR) is 75.0 cm³/mol. The number of carbonyl (C=O) groups excluding carboxylic acids is 1. The molecule has 2 aromatic rings. The average molecular weight is 249 g/mol. The van der Waals surface area contributed by atoms with Crippen molar-refractivity contribution in [3.05, 3.63) is 70.8 Å². The van der Waals surface area contributed by atoms with Crippen molar-refractivity contribution in [1.82, 2.24) is 0 Å². The first-order valence-electron chi connectivity index (χ1n) is 6.34. The van der Waals surface area contributed by atoms with Gasteiger partial charge in [0.2, 0.25) is 0 Å². The van der Waals surface area contributed by atoms with Gasteiger partial charge < -0.3 is 0 Å². The molecule has 0 saturated heterocycles. The minimum Gasteiger partial charge on any atom is -0.294 e. The first-order valence-corrected chi connectivity index (χ1v) is 6.34. The number of Topliss-reactive ketones (excluding diaryl/α,β-unsaturated/α-hetero) is 1. The maximum Gasteiger partial charge on any atom is 0.167 e. The summed E-state index contributed by atoms with van der Waals surface area (Å²) in [5, 5.41) is 8.94. The van der Waals surface area contributed by atoms with Gasteiger partial charge in [-0.1, -0.05) is 43.3 Å². The van der Waals surface area contributed by atoms with Gasteiger partial charge >= 0.3 is 0 Å². The van der Waals surface area contributed by atoms with E-state index in [1.165, 1.54) is 0 Å². The summed E-state index contributed by atoms with van der Waals surface area (Å²) in [5.74, 6) is 0.0883. The van der Waals surface area contributed by atoms with Crippen LogP contribution in [-0.4, -0.2) is 5.78 Å². The first-order chi connectivity index (χ1) is 9.24. The lowest BCUT2D eigenvalue weighted by atomic mass is 9.96. The van der Waals surface area contributed by atoms with Crippen LogP contribution in [0.5, 0.6) is 0 Å². The number of aryl methyl sites for hydroxylation is 1. The molecule has 0 spiro atoms. The van der Waals surface area contributed by atoms with Gasteiger partial charge in [-0.3, -0.25) is 4.79 Å². The van der Waals surface area contributed by atoms with E-state index in [2.05, 4.69) is 13.0 Å². The maximum atomic E-state index is 12.2.